The van der Waals surface area contributed by atoms with Crippen molar-refractivity contribution in [3.05, 3.63) is 60.8 Å². The second kappa shape index (κ2) is 13.1. The van der Waals surface area contributed by atoms with Gasteiger partial charge in [-0.3, -0.25) is 0 Å². The highest BCUT2D eigenvalue weighted by Crippen LogP contribution is 1.93. The first-order valence-electron chi connectivity index (χ1n) is 6.18. The molecule has 2 rings (SSSR count). The summed E-state index contributed by atoms with van der Waals surface area (Å²) in [5.41, 5.74) is 0. The Balaban J connectivity index is 0.000000298. The molecule has 0 heterocycles. The third-order valence-electron chi connectivity index (χ3n) is 2.07. The lowest BCUT2D eigenvalue weighted by atomic mass is 10.5. The Kier molecular flexibility index (Phi) is 11.5. The van der Waals surface area contributed by atoms with Gasteiger partial charge in [0, 0.05) is 12.2 Å². The first-order chi connectivity index (χ1) is 9.70. The molecule has 0 amide bonds. The number of methoxy groups -OCH3 is 2. The molecule has 0 aliphatic heterocycles. The molecule has 0 saturated heterocycles. The molecule has 0 aromatic carbocycles. The standard InChI is InChI=1S/C6H8O4.2C5H6/c1-9-5(7)3-4-6(8)10-2;2*1-2-4-5-3-1/h3-4H,1-2H3;2*1-4H,5H2. The topological polar surface area (TPSA) is 52.6 Å². The molecule has 20 heavy (non-hydrogen) atoms. The SMILES string of the molecule is C1=CCC=C1.C1=CCC=C1.COC(=O)C=CC(=O)OC. The number of hydrogen-bond donors (Lipinski definition) is 0. The van der Waals surface area contributed by atoms with Crippen LogP contribution < -0.4 is 0 Å². The van der Waals surface area contributed by atoms with Crippen LogP contribution in [0.4, 0.5) is 0 Å². The molecule has 0 radical (unpaired) electrons. The Hall–Kier alpha value is -2.36. The minimum atomic E-state index is -0.578. The fourth-order valence-corrected chi connectivity index (χ4v) is 1.06. The Morgan fingerprint density at radius 2 is 1.05 bits per heavy atom. The number of carbonyl (C=O) groups is 2. The first-order valence-corrected chi connectivity index (χ1v) is 6.18. The molecule has 2 aliphatic rings. The third-order valence-corrected chi connectivity index (χ3v) is 2.07. The normalized spacial score (nSPS) is 13.5. The zero-order valence-corrected chi connectivity index (χ0v) is 11.8. The summed E-state index contributed by atoms with van der Waals surface area (Å²) in [5.74, 6) is -1.16. The van der Waals surface area contributed by atoms with Crippen molar-refractivity contribution in [2.45, 2.75) is 12.8 Å². The highest BCUT2D eigenvalue weighted by atomic mass is 16.5. The average molecular weight is 276 g/mol. The summed E-state index contributed by atoms with van der Waals surface area (Å²) in [7, 11) is 2.45. The fourth-order valence-electron chi connectivity index (χ4n) is 1.06. The van der Waals surface area contributed by atoms with Gasteiger partial charge in [0.05, 0.1) is 14.2 Å². The van der Waals surface area contributed by atoms with Gasteiger partial charge in [-0.05, 0) is 12.8 Å². The maximum atomic E-state index is 10.3. The van der Waals surface area contributed by atoms with E-state index < -0.39 is 11.9 Å². The van der Waals surface area contributed by atoms with Crippen molar-refractivity contribution in [3.63, 3.8) is 0 Å². The van der Waals surface area contributed by atoms with Crippen LogP contribution in [0.2, 0.25) is 0 Å². The van der Waals surface area contributed by atoms with Gasteiger partial charge in [0.2, 0.25) is 0 Å². The maximum Gasteiger partial charge on any atom is 0.330 e. The van der Waals surface area contributed by atoms with E-state index in [1.165, 1.54) is 14.2 Å². The summed E-state index contributed by atoms with van der Waals surface area (Å²) in [6, 6.07) is 0. The van der Waals surface area contributed by atoms with Crippen LogP contribution >= 0.6 is 0 Å². The van der Waals surface area contributed by atoms with Crippen molar-refractivity contribution >= 4 is 11.9 Å². The van der Waals surface area contributed by atoms with E-state index in [4.69, 9.17) is 0 Å². The summed E-state index contributed by atoms with van der Waals surface area (Å²) in [5, 5.41) is 0. The van der Waals surface area contributed by atoms with Gasteiger partial charge in [0.15, 0.2) is 0 Å². The number of esters is 2. The molecule has 0 saturated carbocycles. The predicted molar refractivity (Wildman–Crippen MR) is 79.0 cm³/mol. The molecule has 0 aromatic rings. The van der Waals surface area contributed by atoms with Crippen LogP contribution in [0.1, 0.15) is 12.8 Å². The number of rotatable bonds is 2. The number of carbonyl (C=O) groups excluding carboxylic acids is 2. The summed E-state index contributed by atoms with van der Waals surface area (Å²) < 4.78 is 8.42. The van der Waals surface area contributed by atoms with Crippen molar-refractivity contribution < 1.29 is 19.1 Å². The Labute approximate surface area is 119 Å². The monoisotopic (exact) mass is 276 g/mol. The largest absolute Gasteiger partial charge is 0.466 e. The molecule has 0 N–H and O–H groups in total. The number of ether oxygens (including phenoxy) is 2. The smallest absolute Gasteiger partial charge is 0.330 e. The second-order valence-corrected chi connectivity index (χ2v) is 3.56. The highest BCUT2D eigenvalue weighted by molar-refractivity contribution is 5.91. The van der Waals surface area contributed by atoms with Gasteiger partial charge >= 0.3 is 11.9 Å². The second-order valence-electron chi connectivity index (χ2n) is 3.56. The molecule has 4 heteroatoms. The lowest BCUT2D eigenvalue weighted by molar-refractivity contribution is -0.137. The molecular formula is C16H20O4. The minimum absolute atomic E-state index is 0.578. The minimum Gasteiger partial charge on any atom is -0.466 e. The zero-order valence-electron chi connectivity index (χ0n) is 11.8. The lowest BCUT2D eigenvalue weighted by Gasteiger charge is -1.89. The van der Waals surface area contributed by atoms with Gasteiger partial charge < -0.3 is 9.47 Å². The quantitative estimate of drug-likeness (QED) is 0.575. The maximum absolute atomic E-state index is 10.3. The van der Waals surface area contributed by atoms with Crippen molar-refractivity contribution in [1.82, 2.24) is 0 Å². The fraction of sp³-hybridized carbons (Fsp3) is 0.250. The molecule has 0 fully saturated rings. The van der Waals surface area contributed by atoms with Crippen LogP contribution in [0.25, 0.3) is 0 Å². The number of hydrogen-bond acceptors (Lipinski definition) is 4. The number of allylic oxidation sites excluding steroid dienone is 8. The lowest BCUT2D eigenvalue weighted by Crippen LogP contribution is -1.98. The average Bonchev–Trinajstić information content (AvgIpc) is 3.21. The molecule has 0 atom stereocenters. The van der Waals surface area contributed by atoms with E-state index in [1.807, 2.05) is 0 Å². The van der Waals surface area contributed by atoms with Gasteiger partial charge in [-0.25, -0.2) is 9.59 Å². The third kappa shape index (κ3) is 12.1. The first kappa shape index (κ1) is 17.6. The van der Waals surface area contributed by atoms with Crippen molar-refractivity contribution in [2.75, 3.05) is 14.2 Å². The van der Waals surface area contributed by atoms with Crippen molar-refractivity contribution in [2.24, 2.45) is 0 Å². The van der Waals surface area contributed by atoms with Crippen LogP contribution in [-0.4, -0.2) is 26.2 Å². The summed E-state index contributed by atoms with van der Waals surface area (Å²) in [4.78, 5) is 20.6. The Morgan fingerprint density at radius 1 is 0.750 bits per heavy atom. The van der Waals surface area contributed by atoms with Crippen LogP contribution in [-0.2, 0) is 19.1 Å². The summed E-state index contributed by atoms with van der Waals surface area (Å²) in [6.07, 6.45) is 21.0. The van der Waals surface area contributed by atoms with E-state index in [-0.39, 0.29) is 0 Å². The molecule has 4 nitrogen and oxygen atoms in total. The van der Waals surface area contributed by atoms with Gasteiger partial charge in [-0.15, -0.1) is 0 Å². The summed E-state index contributed by atoms with van der Waals surface area (Å²) in [6.45, 7) is 0. The Morgan fingerprint density at radius 3 is 1.20 bits per heavy atom. The highest BCUT2D eigenvalue weighted by Gasteiger charge is 1.94. The van der Waals surface area contributed by atoms with E-state index in [2.05, 4.69) is 58.1 Å². The van der Waals surface area contributed by atoms with Crippen LogP contribution in [0.5, 0.6) is 0 Å². The van der Waals surface area contributed by atoms with Gasteiger partial charge in [0.25, 0.3) is 0 Å². The van der Waals surface area contributed by atoms with E-state index in [1.54, 1.807) is 0 Å². The molecular weight excluding hydrogens is 256 g/mol. The molecule has 108 valence electrons. The Bertz CT molecular complexity index is 366. The van der Waals surface area contributed by atoms with E-state index >= 15 is 0 Å². The molecule has 0 spiro atoms. The zero-order chi connectivity index (χ0) is 15.1. The van der Waals surface area contributed by atoms with Crippen LogP contribution in [0, 0.1) is 0 Å². The van der Waals surface area contributed by atoms with Crippen molar-refractivity contribution in [1.29, 1.82) is 0 Å². The van der Waals surface area contributed by atoms with E-state index in [0.717, 1.165) is 25.0 Å². The van der Waals surface area contributed by atoms with E-state index in [9.17, 15) is 9.59 Å². The van der Waals surface area contributed by atoms with Crippen LogP contribution in [0.15, 0.2) is 60.8 Å². The van der Waals surface area contributed by atoms with Gasteiger partial charge in [-0.2, -0.15) is 0 Å². The molecule has 0 unspecified atom stereocenters. The van der Waals surface area contributed by atoms with Crippen LogP contribution in [0.3, 0.4) is 0 Å². The molecule has 0 aromatic heterocycles. The molecule has 2 aliphatic carbocycles. The van der Waals surface area contributed by atoms with Crippen molar-refractivity contribution in [3.8, 4) is 0 Å². The molecule has 0 bridgehead atoms. The van der Waals surface area contributed by atoms with Gasteiger partial charge in [-0.1, -0.05) is 48.6 Å². The van der Waals surface area contributed by atoms with E-state index in [0.29, 0.717) is 0 Å². The summed E-state index contributed by atoms with van der Waals surface area (Å²) >= 11 is 0. The predicted octanol–water partition coefficient (Wildman–Crippen LogP) is 2.89. The van der Waals surface area contributed by atoms with Gasteiger partial charge in [0.1, 0.15) is 0 Å².